The molecule has 24 heavy (non-hydrogen) atoms. The third-order valence-corrected chi connectivity index (χ3v) is 4.38. The summed E-state index contributed by atoms with van der Waals surface area (Å²) < 4.78 is 14.3. The predicted molar refractivity (Wildman–Crippen MR) is 93.9 cm³/mol. The Bertz CT molecular complexity index is 627. The number of aromatic nitrogens is 1. The highest BCUT2D eigenvalue weighted by Gasteiger charge is 2.33. The molecule has 5 heteroatoms. The Morgan fingerprint density at radius 3 is 3.00 bits per heavy atom. The smallest absolute Gasteiger partial charge is 0.225 e. The summed E-state index contributed by atoms with van der Waals surface area (Å²) in [5, 5.41) is 6.09. The monoisotopic (exact) mass is 331 g/mol. The molecule has 0 bridgehead atoms. The van der Waals surface area contributed by atoms with Gasteiger partial charge in [0.25, 0.3) is 0 Å². The van der Waals surface area contributed by atoms with Gasteiger partial charge in [0, 0.05) is 11.9 Å². The van der Waals surface area contributed by atoms with Crippen LogP contribution in [-0.4, -0.2) is 23.0 Å². The molecule has 0 aromatic carbocycles. The number of aryl methyl sites for hydroxylation is 1. The van der Waals surface area contributed by atoms with Crippen LogP contribution in [0.3, 0.4) is 0 Å². The van der Waals surface area contributed by atoms with E-state index in [-0.39, 0.29) is 30.1 Å². The number of nitrogens with one attached hydrogen (secondary N) is 2. The molecule has 1 heterocycles. The van der Waals surface area contributed by atoms with Crippen molar-refractivity contribution >= 4 is 5.91 Å². The lowest BCUT2D eigenvalue weighted by atomic mass is 9.86. The zero-order valence-corrected chi connectivity index (χ0v) is 14.6. The highest BCUT2D eigenvalue weighted by molar-refractivity contribution is 5.79. The van der Waals surface area contributed by atoms with Crippen molar-refractivity contribution < 1.29 is 9.18 Å². The van der Waals surface area contributed by atoms with Crippen LogP contribution in [0.5, 0.6) is 0 Å². The molecule has 1 aliphatic carbocycles. The van der Waals surface area contributed by atoms with Crippen molar-refractivity contribution in [2.45, 2.75) is 52.1 Å². The Morgan fingerprint density at radius 1 is 1.50 bits per heavy atom. The van der Waals surface area contributed by atoms with Crippen LogP contribution in [0.15, 0.2) is 42.5 Å². The highest BCUT2D eigenvalue weighted by atomic mass is 19.1. The number of pyridine rings is 1. The maximum absolute atomic E-state index is 14.3. The topological polar surface area (TPSA) is 54.0 Å². The molecule has 0 radical (unpaired) electrons. The number of carbonyl (C=O) groups is 1. The largest absolute Gasteiger partial charge is 0.386 e. The van der Waals surface area contributed by atoms with Crippen molar-refractivity contribution in [3.05, 3.63) is 53.8 Å². The molecule has 0 saturated carbocycles. The maximum Gasteiger partial charge on any atom is 0.225 e. The molecule has 4 nitrogen and oxygen atoms in total. The third-order valence-electron chi connectivity index (χ3n) is 4.38. The van der Waals surface area contributed by atoms with Crippen LogP contribution in [0.1, 0.15) is 37.9 Å². The van der Waals surface area contributed by atoms with Crippen LogP contribution >= 0.6 is 0 Å². The summed E-state index contributed by atoms with van der Waals surface area (Å²) in [5.74, 6) is -0.233. The van der Waals surface area contributed by atoms with Crippen molar-refractivity contribution in [3.63, 3.8) is 0 Å². The normalized spacial score (nSPS) is 23.8. The molecular weight excluding hydrogens is 305 g/mol. The second-order valence-corrected chi connectivity index (χ2v) is 6.27. The molecule has 1 aliphatic rings. The van der Waals surface area contributed by atoms with Gasteiger partial charge < -0.3 is 10.6 Å². The second-order valence-electron chi connectivity index (χ2n) is 6.27. The first kappa shape index (κ1) is 18.2. The second kappa shape index (κ2) is 8.62. The first-order valence-electron chi connectivity index (χ1n) is 8.49. The van der Waals surface area contributed by atoms with Crippen LogP contribution in [0.2, 0.25) is 0 Å². The summed E-state index contributed by atoms with van der Waals surface area (Å²) >= 11 is 0. The molecule has 2 unspecified atom stereocenters. The maximum atomic E-state index is 14.3. The van der Waals surface area contributed by atoms with E-state index in [1.165, 1.54) is 0 Å². The minimum Gasteiger partial charge on any atom is -0.386 e. The van der Waals surface area contributed by atoms with Gasteiger partial charge in [0.1, 0.15) is 11.9 Å². The number of nitrogens with zero attached hydrogens (tertiary/aromatic N) is 1. The average molecular weight is 331 g/mol. The summed E-state index contributed by atoms with van der Waals surface area (Å²) in [6, 6.07) is 2.88. The Labute approximate surface area is 143 Å². The van der Waals surface area contributed by atoms with E-state index in [1.807, 2.05) is 32.2 Å². The Kier molecular flexibility index (Phi) is 6.53. The van der Waals surface area contributed by atoms with E-state index in [9.17, 15) is 9.18 Å². The molecule has 1 aromatic heterocycles. The Balaban J connectivity index is 2.07. The number of hydrogen-bond donors (Lipinski definition) is 2. The van der Waals surface area contributed by atoms with Crippen LogP contribution in [-0.2, 0) is 11.2 Å². The fourth-order valence-corrected chi connectivity index (χ4v) is 2.89. The van der Waals surface area contributed by atoms with Crippen LogP contribution < -0.4 is 10.6 Å². The molecule has 3 atom stereocenters. The molecule has 0 saturated heterocycles. The van der Waals surface area contributed by atoms with Crippen molar-refractivity contribution in [3.8, 4) is 0 Å². The number of rotatable bonds is 6. The lowest BCUT2D eigenvalue weighted by molar-refractivity contribution is -0.121. The summed E-state index contributed by atoms with van der Waals surface area (Å²) in [5.41, 5.74) is 1.68. The molecule has 130 valence electrons. The molecule has 1 aromatic rings. The molecule has 0 spiro atoms. The lowest BCUT2D eigenvalue weighted by Crippen LogP contribution is -2.53. The molecule has 0 fully saturated rings. The van der Waals surface area contributed by atoms with Gasteiger partial charge in [-0.2, -0.15) is 0 Å². The number of carbonyl (C=O) groups excluding carboxylic acids is 1. The standard InChI is InChI=1S/C19H26FN3O/c1-4-5-10-22-18-13(2)8-9-16(20)19(18)23-17(24)12-15-7-6-11-21-14(15)3/h5-7,9-11,13,18-19,22H,4,8,12H2,1-3H3,(H,23,24)/b10-5-/t13?,18-,19?/m0/s1. The fraction of sp³-hybridized carbons (Fsp3) is 0.474. The molecule has 2 N–H and O–H groups in total. The molecular formula is C19H26FN3O. The van der Waals surface area contributed by atoms with Crippen molar-refractivity contribution in [2.75, 3.05) is 0 Å². The zero-order chi connectivity index (χ0) is 17.5. The third kappa shape index (κ3) is 4.66. The first-order valence-corrected chi connectivity index (χ1v) is 8.49. The van der Waals surface area contributed by atoms with E-state index in [4.69, 9.17) is 0 Å². The fourth-order valence-electron chi connectivity index (χ4n) is 2.89. The van der Waals surface area contributed by atoms with Gasteiger partial charge in [-0.25, -0.2) is 4.39 Å². The van der Waals surface area contributed by atoms with Gasteiger partial charge in [-0.1, -0.05) is 32.1 Å². The van der Waals surface area contributed by atoms with Gasteiger partial charge in [0.15, 0.2) is 0 Å². The molecule has 1 amide bonds. The SMILES string of the molecule is CC/C=C\N[C@H]1C(C)CC=C(F)C1NC(=O)Cc1cccnc1C. The van der Waals surface area contributed by atoms with E-state index in [2.05, 4.69) is 22.5 Å². The summed E-state index contributed by atoms with van der Waals surface area (Å²) in [6.07, 6.45) is 8.89. The molecule has 2 rings (SSSR count). The van der Waals surface area contributed by atoms with E-state index in [1.54, 1.807) is 18.3 Å². The number of amides is 1. The Hall–Kier alpha value is -2.17. The highest BCUT2D eigenvalue weighted by Crippen LogP contribution is 2.25. The minimum atomic E-state index is -0.639. The number of hydrogen-bond acceptors (Lipinski definition) is 3. The van der Waals surface area contributed by atoms with Crippen molar-refractivity contribution in [2.24, 2.45) is 5.92 Å². The number of allylic oxidation sites excluding steroid dienone is 2. The minimum absolute atomic E-state index is 0.156. The first-order chi connectivity index (χ1) is 11.5. The van der Waals surface area contributed by atoms with Gasteiger partial charge in [-0.15, -0.1) is 0 Å². The molecule has 0 aliphatic heterocycles. The zero-order valence-electron chi connectivity index (χ0n) is 14.6. The number of halogens is 1. The van der Waals surface area contributed by atoms with E-state index >= 15 is 0 Å². The van der Waals surface area contributed by atoms with Gasteiger partial charge in [0.2, 0.25) is 5.91 Å². The summed E-state index contributed by atoms with van der Waals surface area (Å²) in [7, 11) is 0. The van der Waals surface area contributed by atoms with Gasteiger partial charge in [-0.05, 0) is 43.5 Å². The Morgan fingerprint density at radius 2 is 2.29 bits per heavy atom. The van der Waals surface area contributed by atoms with Gasteiger partial charge in [0.05, 0.1) is 12.5 Å². The average Bonchev–Trinajstić information content (AvgIpc) is 2.56. The quantitative estimate of drug-likeness (QED) is 0.842. The summed E-state index contributed by atoms with van der Waals surface area (Å²) in [4.78, 5) is 16.6. The van der Waals surface area contributed by atoms with E-state index < -0.39 is 6.04 Å². The van der Waals surface area contributed by atoms with E-state index in [0.29, 0.717) is 6.42 Å². The van der Waals surface area contributed by atoms with Crippen molar-refractivity contribution in [1.82, 2.24) is 15.6 Å². The van der Waals surface area contributed by atoms with Crippen molar-refractivity contribution in [1.29, 1.82) is 0 Å². The van der Waals surface area contributed by atoms with E-state index in [0.717, 1.165) is 17.7 Å². The lowest BCUT2D eigenvalue weighted by Gasteiger charge is -2.35. The van der Waals surface area contributed by atoms with Crippen LogP contribution in [0.4, 0.5) is 4.39 Å². The van der Waals surface area contributed by atoms with Gasteiger partial charge >= 0.3 is 0 Å². The van der Waals surface area contributed by atoms with Crippen LogP contribution in [0.25, 0.3) is 0 Å². The van der Waals surface area contributed by atoms with Crippen LogP contribution in [0, 0.1) is 12.8 Å². The van der Waals surface area contributed by atoms with Gasteiger partial charge in [-0.3, -0.25) is 9.78 Å². The summed E-state index contributed by atoms with van der Waals surface area (Å²) in [6.45, 7) is 5.97. The predicted octanol–water partition coefficient (Wildman–Crippen LogP) is 3.19.